The van der Waals surface area contributed by atoms with E-state index in [1.807, 2.05) is 59.6 Å². The molecule has 1 aliphatic carbocycles. The molecule has 4 rings (SSSR count). The van der Waals surface area contributed by atoms with Crippen LogP contribution >= 0.6 is 0 Å². The Bertz CT molecular complexity index is 1260. The van der Waals surface area contributed by atoms with E-state index in [2.05, 4.69) is 41.5 Å². The van der Waals surface area contributed by atoms with Crippen LogP contribution in [0.3, 0.4) is 0 Å². The van der Waals surface area contributed by atoms with Crippen molar-refractivity contribution in [1.29, 1.82) is 0 Å². The van der Waals surface area contributed by atoms with Crippen LogP contribution in [-0.4, -0.2) is 15.5 Å². The molecule has 5 nitrogen and oxygen atoms in total. The van der Waals surface area contributed by atoms with Crippen molar-refractivity contribution in [1.82, 2.24) is 4.57 Å². The third-order valence-corrected chi connectivity index (χ3v) is 6.17. The van der Waals surface area contributed by atoms with Gasteiger partial charge in [-0.25, -0.2) is 9.13 Å². The number of benzene rings is 1. The summed E-state index contributed by atoms with van der Waals surface area (Å²) >= 11 is 0. The van der Waals surface area contributed by atoms with Gasteiger partial charge in [-0.15, -0.1) is 0 Å². The smallest absolute Gasteiger partial charge is 0.282 e. The molecule has 0 saturated heterocycles. The summed E-state index contributed by atoms with van der Waals surface area (Å²) < 4.78 is 10.2. The number of allylic oxidation sites excluding steroid dienone is 8. The summed E-state index contributed by atoms with van der Waals surface area (Å²) in [7, 11) is 3.92. The maximum atomic E-state index is 13.0. The molecule has 5 heteroatoms. The van der Waals surface area contributed by atoms with E-state index >= 15 is 0 Å². The van der Waals surface area contributed by atoms with E-state index in [1.165, 1.54) is 0 Å². The number of rotatable bonds is 2. The monoisotopic (exact) mass is 445 g/mol. The van der Waals surface area contributed by atoms with E-state index < -0.39 is 0 Å². The molecule has 0 atom stereocenters. The Morgan fingerprint density at radius 1 is 0.970 bits per heavy atom. The molecule has 172 valence electrons. The molecular weight excluding hydrogens is 412 g/mol. The van der Waals surface area contributed by atoms with E-state index in [9.17, 15) is 9.90 Å². The second-order valence-corrected chi connectivity index (χ2v) is 10.9. The Labute approximate surface area is 195 Å². The zero-order chi connectivity index (χ0) is 24.3. The molecule has 0 amide bonds. The fraction of sp³-hybridized carbons (Fsp3) is 0.357. The lowest BCUT2D eigenvalue weighted by Gasteiger charge is -2.33. The number of aliphatic hydroxyl groups is 1. The first-order chi connectivity index (χ1) is 15.3. The lowest BCUT2D eigenvalue weighted by Crippen LogP contribution is -2.32. The highest BCUT2D eigenvalue weighted by Crippen LogP contribution is 2.40. The van der Waals surface area contributed by atoms with Gasteiger partial charge in [-0.1, -0.05) is 53.7 Å². The minimum absolute atomic E-state index is 0.0284. The number of fused-ring (bicyclic) bond motifs is 1. The van der Waals surface area contributed by atoms with Crippen LogP contribution in [0.4, 0.5) is 0 Å². The number of carbonyl (C=O) groups is 1. The van der Waals surface area contributed by atoms with Gasteiger partial charge in [0.05, 0.1) is 25.2 Å². The van der Waals surface area contributed by atoms with Gasteiger partial charge in [-0.05, 0) is 35.9 Å². The number of ketones is 1. The number of aryl methyl sites for hydroxylation is 2. The predicted octanol–water partition coefficient (Wildman–Crippen LogP) is 5.60. The number of nitrogens with zero attached hydrogens (tertiary/aromatic N) is 2. The summed E-state index contributed by atoms with van der Waals surface area (Å²) in [5, 5.41) is 10.8. The highest BCUT2D eigenvalue weighted by molar-refractivity contribution is 6.23. The molecule has 1 N–H and O–H groups in total. The minimum Gasteiger partial charge on any atom is -0.506 e. The van der Waals surface area contributed by atoms with Gasteiger partial charge in [0.2, 0.25) is 5.78 Å². The number of carbonyl (C=O) groups excluding carboxylic acids is 1. The first kappa shape index (κ1) is 22.8. The number of aromatic nitrogens is 2. The normalized spacial score (nSPS) is 18.4. The molecule has 0 bridgehead atoms. The van der Waals surface area contributed by atoms with E-state index in [0.717, 1.165) is 33.9 Å². The van der Waals surface area contributed by atoms with Crippen molar-refractivity contribution in [3.63, 3.8) is 0 Å². The first-order valence-electron chi connectivity index (χ1n) is 11.3. The van der Waals surface area contributed by atoms with Crippen LogP contribution in [0.5, 0.6) is 0 Å². The van der Waals surface area contributed by atoms with Crippen molar-refractivity contribution < 1.29 is 19.2 Å². The van der Waals surface area contributed by atoms with Crippen LogP contribution < -0.4 is 4.57 Å². The molecule has 0 unspecified atom stereocenters. The van der Waals surface area contributed by atoms with Crippen molar-refractivity contribution in [3.05, 3.63) is 82.3 Å². The van der Waals surface area contributed by atoms with Crippen molar-refractivity contribution in [2.75, 3.05) is 0 Å². The van der Waals surface area contributed by atoms with E-state index in [-0.39, 0.29) is 22.4 Å². The number of para-hydroxylation sites is 2. The summed E-state index contributed by atoms with van der Waals surface area (Å²) in [6.45, 7) is 12.6. The Morgan fingerprint density at radius 3 is 2.06 bits per heavy atom. The number of imidazole rings is 1. The molecule has 0 spiro atoms. The standard InChI is InChI=1S/C28H32N2O3/c1-27(2,3)22-14-17(15-23(33-22)28(4,5)6)13-18-25(31)19(26(18)32)16-24-29(7)20-11-9-10-12-21(20)30(24)8/h9-16H,1-8H3/p+1. The molecule has 1 aromatic heterocycles. The van der Waals surface area contributed by atoms with Gasteiger partial charge in [0.1, 0.15) is 17.3 Å². The zero-order valence-electron chi connectivity index (χ0n) is 20.8. The molecular formula is C28H33N2O3+. The maximum Gasteiger partial charge on any atom is 0.282 e. The third-order valence-electron chi connectivity index (χ3n) is 6.17. The Morgan fingerprint density at radius 2 is 1.55 bits per heavy atom. The summed E-state index contributed by atoms with van der Waals surface area (Å²) in [4.78, 5) is 13.0. The largest absolute Gasteiger partial charge is 0.506 e. The second-order valence-electron chi connectivity index (χ2n) is 10.9. The van der Waals surface area contributed by atoms with Crippen LogP contribution in [-0.2, 0) is 23.6 Å². The number of hydrogen-bond acceptors (Lipinski definition) is 3. The topological polar surface area (TPSA) is 55.3 Å². The van der Waals surface area contributed by atoms with Gasteiger partial charge < -0.3 is 9.84 Å². The van der Waals surface area contributed by atoms with Gasteiger partial charge in [-0.3, -0.25) is 4.79 Å². The van der Waals surface area contributed by atoms with Crippen LogP contribution in [0.1, 0.15) is 47.4 Å². The van der Waals surface area contributed by atoms with Crippen molar-refractivity contribution in [2.24, 2.45) is 24.9 Å². The molecule has 33 heavy (non-hydrogen) atoms. The summed E-state index contributed by atoms with van der Waals surface area (Å²) in [6, 6.07) is 8.05. The van der Waals surface area contributed by atoms with E-state index in [1.54, 1.807) is 12.2 Å². The van der Waals surface area contributed by atoms with Gasteiger partial charge in [0.15, 0.2) is 11.0 Å². The van der Waals surface area contributed by atoms with Crippen LogP contribution in [0, 0.1) is 10.8 Å². The number of Topliss-reactive ketones (excluding diaryl/α,β-unsaturated/α-hetero) is 1. The Hall–Kier alpha value is -3.34. The Balaban J connectivity index is 1.76. The molecule has 2 aliphatic rings. The quantitative estimate of drug-likeness (QED) is 0.484. The first-order valence-corrected chi connectivity index (χ1v) is 11.3. The maximum absolute atomic E-state index is 13.0. The lowest BCUT2D eigenvalue weighted by molar-refractivity contribution is -0.647. The third kappa shape index (κ3) is 3.97. The Kier molecular flexibility index (Phi) is 5.27. The molecule has 1 aliphatic heterocycles. The second kappa shape index (κ2) is 7.62. The number of ether oxygens (including phenoxy) is 1. The fourth-order valence-corrected chi connectivity index (χ4v) is 4.05. The summed E-state index contributed by atoms with van der Waals surface area (Å²) in [5.41, 5.74) is 3.26. The summed E-state index contributed by atoms with van der Waals surface area (Å²) in [6.07, 6.45) is 7.43. The lowest BCUT2D eigenvalue weighted by atomic mass is 9.84. The fourth-order valence-electron chi connectivity index (χ4n) is 4.05. The number of aliphatic hydroxyl groups excluding tert-OH is 1. The van der Waals surface area contributed by atoms with Crippen molar-refractivity contribution in [2.45, 2.75) is 41.5 Å². The van der Waals surface area contributed by atoms with Crippen molar-refractivity contribution >= 4 is 22.9 Å². The summed E-state index contributed by atoms with van der Waals surface area (Å²) in [5.74, 6) is 2.39. The average Bonchev–Trinajstić information content (AvgIpc) is 2.99. The van der Waals surface area contributed by atoms with Crippen LogP contribution in [0.25, 0.3) is 17.1 Å². The van der Waals surface area contributed by atoms with E-state index in [0.29, 0.717) is 11.1 Å². The highest BCUT2D eigenvalue weighted by Gasteiger charge is 2.35. The van der Waals surface area contributed by atoms with Gasteiger partial charge >= 0.3 is 0 Å². The molecule has 0 fully saturated rings. The molecule has 0 saturated carbocycles. The van der Waals surface area contributed by atoms with Gasteiger partial charge in [-0.2, -0.15) is 0 Å². The van der Waals surface area contributed by atoms with Crippen LogP contribution in [0.2, 0.25) is 0 Å². The molecule has 2 aromatic rings. The average molecular weight is 446 g/mol. The van der Waals surface area contributed by atoms with Gasteiger partial charge in [0.25, 0.3) is 5.82 Å². The van der Waals surface area contributed by atoms with E-state index in [4.69, 9.17) is 4.74 Å². The predicted molar refractivity (Wildman–Crippen MR) is 131 cm³/mol. The molecule has 2 heterocycles. The van der Waals surface area contributed by atoms with Crippen LogP contribution in [0.15, 0.2) is 76.5 Å². The minimum atomic E-state index is -0.182. The van der Waals surface area contributed by atoms with Gasteiger partial charge in [0, 0.05) is 16.9 Å². The zero-order valence-corrected chi connectivity index (χ0v) is 20.8. The number of hydrogen-bond donors (Lipinski definition) is 1. The van der Waals surface area contributed by atoms with Crippen molar-refractivity contribution in [3.8, 4) is 0 Å². The molecule has 1 aromatic carbocycles. The highest BCUT2D eigenvalue weighted by atomic mass is 16.5. The SMILES string of the molecule is Cn1c(C=C2C(=O)C(C=C3C=C(C(C)(C)C)OC(C(C)(C)C)=C3)=C2O)[n+](C)c2ccccc21. The molecule has 0 radical (unpaired) electrons.